The second-order valence-corrected chi connectivity index (χ2v) is 7.78. The number of nitrogens with one attached hydrogen (secondary N) is 1. The molecule has 142 valence electrons. The van der Waals surface area contributed by atoms with Gasteiger partial charge in [0.25, 0.3) is 0 Å². The van der Waals surface area contributed by atoms with Gasteiger partial charge in [-0.2, -0.15) is 0 Å². The van der Waals surface area contributed by atoms with Gasteiger partial charge in [0.2, 0.25) is 0 Å². The molecule has 0 radical (unpaired) electrons. The molecular formula is C21H28ClNO3. The van der Waals surface area contributed by atoms with E-state index in [0.29, 0.717) is 10.8 Å². The molecular weight excluding hydrogens is 350 g/mol. The number of hydrogen-bond acceptors (Lipinski definition) is 4. The summed E-state index contributed by atoms with van der Waals surface area (Å²) in [5.41, 5.74) is 2.82. The molecule has 0 spiro atoms. The van der Waals surface area contributed by atoms with Crippen molar-refractivity contribution < 1.29 is 14.2 Å². The van der Waals surface area contributed by atoms with Crippen LogP contribution in [0, 0.1) is 5.41 Å². The summed E-state index contributed by atoms with van der Waals surface area (Å²) in [6, 6.07) is 11.5. The SMILES string of the molecule is COc1ccccc1C(OC)c1cc(Cl)cc(OC)c1NCC(C)(C)C. The molecule has 0 saturated heterocycles. The van der Waals surface area contributed by atoms with Crippen LogP contribution in [-0.4, -0.2) is 27.9 Å². The first-order chi connectivity index (χ1) is 12.3. The Kier molecular flexibility index (Phi) is 6.79. The predicted molar refractivity (Wildman–Crippen MR) is 108 cm³/mol. The lowest BCUT2D eigenvalue weighted by Crippen LogP contribution is -2.21. The monoisotopic (exact) mass is 377 g/mol. The van der Waals surface area contributed by atoms with Crippen LogP contribution in [0.1, 0.15) is 38.0 Å². The molecule has 1 N–H and O–H groups in total. The Morgan fingerprint density at radius 3 is 2.19 bits per heavy atom. The summed E-state index contributed by atoms with van der Waals surface area (Å²) in [4.78, 5) is 0. The molecule has 0 bridgehead atoms. The fourth-order valence-electron chi connectivity index (χ4n) is 2.82. The number of hydrogen-bond donors (Lipinski definition) is 1. The van der Waals surface area contributed by atoms with Gasteiger partial charge >= 0.3 is 0 Å². The van der Waals surface area contributed by atoms with Gasteiger partial charge in [0.05, 0.1) is 19.9 Å². The minimum absolute atomic E-state index is 0.106. The third-order valence-corrected chi connectivity index (χ3v) is 4.27. The summed E-state index contributed by atoms with van der Waals surface area (Å²) < 4.78 is 17.0. The first kappa shape index (κ1) is 20.4. The summed E-state index contributed by atoms with van der Waals surface area (Å²) in [6.45, 7) is 7.31. The van der Waals surface area contributed by atoms with E-state index in [1.54, 1.807) is 21.3 Å². The number of rotatable bonds is 7. The number of ether oxygens (including phenoxy) is 3. The van der Waals surface area contributed by atoms with Crippen LogP contribution in [0.4, 0.5) is 5.69 Å². The molecule has 4 nitrogen and oxygen atoms in total. The molecule has 0 fully saturated rings. The zero-order valence-electron chi connectivity index (χ0n) is 16.4. The van der Waals surface area contributed by atoms with Gasteiger partial charge in [0.1, 0.15) is 17.6 Å². The van der Waals surface area contributed by atoms with E-state index in [1.807, 2.05) is 36.4 Å². The molecule has 2 rings (SSSR count). The molecule has 1 atom stereocenters. The van der Waals surface area contributed by atoms with E-state index in [1.165, 1.54) is 0 Å². The van der Waals surface area contributed by atoms with Crippen molar-refractivity contribution in [1.29, 1.82) is 0 Å². The molecule has 0 aromatic heterocycles. The Morgan fingerprint density at radius 2 is 1.62 bits per heavy atom. The Balaban J connectivity index is 2.59. The summed E-state index contributed by atoms with van der Waals surface area (Å²) in [5, 5.41) is 4.11. The summed E-state index contributed by atoms with van der Waals surface area (Å²) in [5.74, 6) is 1.45. The van der Waals surface area contributed by atoms with Gasteiger partial charge in [0.15, 0.2) is 0 Å². The minimum atomic E-state index is -0.346. The van der Waals surface area contributed by atoms with Crippen molar-refractivity contribution >= 4 is 17.3 Å². The van der Waals surface area contributed by atoms with Crippen LogP contribution in [0.5, 0.6) is 11.5 Å². The minimum Gasteiger partial charge on any atom is -0.496 e. The van der Waals surface area contributed by atoms with Crippen LogP contribution >= 0.6 is 11.6 Å². The lowest BCUT2D eigenvalue weighted by molar-refractivity contribution is 0.134. The zero-order valence-corrected chi connectivity index (χ0v) is 17.1. The second-order valence-electron chi connectivity index (χ2n) is 7.34. The fourth-order valence-corrected chi connectivity index (χ4v) is 3.03. The molecule has 0 amide bonds. The molecule has 0 heterocycles. The summed E-state index contributed by atoms with van der Waals surface area (Å²) in [7, 11) is 4.98. The third-order valence-electron chi connectivity index (χ3n) is 4.05. The van der Waals surface area contributed by atoms with Crippen molar-refractivity contribution in [2.75, 3.05) is 33.2 Å². The van der Waals surface area contributed by atoms with E-state index in [4.69, 9.17) is 25.8 Å². The van der Waals surface area contributed by atoms with Gasteiger partial charge in [-0.3, -0.25) is 0 Å². The maximum absolute atomic E-state index is 6.36. The van der Waals surface area contributed by atoms with Crippen molar-refractivity contribution in [3.05, 3.63) is 52.5 Å². The van der Waals surface area contributed by atoms with Gasteiger partial charge in [-0.15, -0.1) is 0 Å². The highest BCUT2D eigenvalue weighted by Crippen LogP contribution is 2.42. The third kappa shape index (κ3) is 4.83. The van der Waals surface area contributed by atoms with Gasteiger partial charge in [0, 0.05) is 35.9 Å². The topological polar surface area (TPSA) is 39.7 Å². The summed E-state index contributed by atoms with van der Waals surface area (Å²) in [6.07, 6.45) is -0.346. The molecule has 2 aromatic rings. The maximum atomic E-state index is 6.36. The predicted octanol–water partition coefficient (Wildman–Crippen LogP) is 5.55. The molecule has 1 unspecified atom stereocenters. The van der Waals surface area contributed by atoms with Gasteiger partial charge in [-0.25, -0.2) is 0 Å². The van der Waals surface area contributed by atoms with Crippen LogP contribution in [0.3, 0.4) is 0 Å². The van der Waals surface area contributed by atoms with E-state index in [2.05, 4.69) is 26.1 Å². The fraction of sp³-hybridized carbons (Fsp3) is 0.429. The average molecular weight is 378 g/mol. The highest BCUT2D eigenvalue weighted by atomic mass is 35.5. The number of halogens is 1. The van der Waals surface area contributed by atoms with Crippen LogP contribution in [0.2, 0.25) is 5.02 Å². The highest BCUT2D eigenvalue weighted by Gasteiger charge is 2.24. The molecule has 5 heteroatoms. The lowest BCUT2D eigenvalue weighted by Gasteiger charge is -2.26. The normalized spacial score (nSPS) is 12.6. The van der Waals surface area contributed by atoms with E-state index >= 15 is 0 Å². The Labute approximate surface area is 161 Å². The Morgan fingerprint density at radius 1 is 0.962 bits per heavy atom. The van der Waals surface area contributed by atoms with E-state index in [0.717, 1.165) is 29.1 Å². The molecule has 0 saturated carbocycles. The van der Waals surface area contributed by atoms with Gasteiger partial charge in [-0.05, 0) is 17.5 Å². The van der Waals surface area contributed by atoms with Crippen molar-refractivity contribution in [3.8, 4) is 11.5 Å². The van der Waals surface area contributed by atoms with Crippen molar-refractivity contribution in [2.45, 2.75) is 26.9 Å². The number of benzene rings is 2. The van der Waals surface area contributed by atoms with E-state index in [-0.39, 0.29) is 11.5 Å². The first-order valence-electron chi connectivity index (χ1n) is 8.57. The van der Waals surface area contributed by atoms with Gasteiger partial charge in [-0.1, -0.05) is 50.6 Å². The van der Waals surface area contributed by atoms with Crippen LogP contribution in [0.15, 0.2) is 36.4 Å². The quantitative estimate of drug-likeness (QED) is 0.686. The maximum Gasteiger partial charge on any atom is 0.143 e. The second kappa shape index (κ2) is 8.65. The summed E-state index contributed by atoms with van der Waals surface area (Å²) >= 11 is 6.36. The van der Waals surface area contributed by atoms with Crippen molar-refractivity contribution in [1.82, 2.24) is 0 Å². The smallest absolute Gasteiger partial charge is 0.143 e. The zero-order chi connectivity index (χ0) is 19.3. The van der Waals surface area contributed by atoms with E-state index < -0.39 is 0 Å². The largest absolute Gasteiger partial charge is 0.496 e. The number of methoxy groups -OCH3 is 3. The van der Waals surface area contributed by atoms with Gasteiger partial charge < -0.3 is 19.5 Å². The molecule has 2 aromatic carbocycles. The lowest BCUT2D eigenvalue weighted by atomic mass is 9.95. The van der Waals surface area contributed by atoms with Crippen molar-refractivity contribution in [3.63, 3.8) is 0 Å². The Hall–Kier alpha value is -1.91. The molecule has 0 aliphatic heterocycles. The standard InChI is InChI=1S/C21H28ClNO3/c1-21(2,3)13-23-19-16(11-14(22)12-18(19)25-5)20(26-6)15-9-7-8-10-17(15)24-4/h7-12,20,23H,13H2,1-6H3. The Bertz CT molecular complexity index is 741. The number of para-hydroxylation sites is 1. The number of anilines is 1. The van der Waals surface area contributed by atoms with E-state index in [9.17, 15) is 0 Å². The molecule has 0 aliphatic carbocycles. The van der Waals surface area contributed by atoms with Crippen LogP contribution < -0.4 is 14.8 Å². The van der Waals surface area contributed by atoms with Crippen molar-refractivity contribution in [2.24, 2.45) is 5.41 Å². The average Bonchev–Trinajstić information content (AvgIpc) is 2.60. The molecule has 0 aliphatic rings. The highest BCUT2D eigenvalue weighted by molar-refractivity contribution is 6.31. The molecule has 26 heavy (non-hydrogen) atoms. The van der Waals surface area contributed by atoms with Crippen LogP contribution in [-0.2, 0) is 4.74 Å². The first-order valence-corrected chi connectivity index (χ1v) is 8.95. The van der Waals surface area contributed by atoms with Crippen LogP contribution in [0.25, 0.3) is 0 Å².